The van der Waals surface area contributed by atoms with Gasteiger partial charge in [0.1, 0.15) is 0 Å². The van der Waals surface area contributed by atoms with Crippen LogP contribution in [0.5, 0.6) is 0 Å². The van der Waals surface area contributed by atoms with Crippen LogP contribution in [0.3, 0.4) is 0 Å². The fourth-order valence-electron chi connectivity index (χ4n) is 0.609. The van der Waals surface area contributed by atoms with Crippen LogP contribution in [0.4, 0.5) is 0 Å². The molecule has 0 aliphatic heterocycles. The lowest BCUT2D eigenvalue weighted by atomic mass is 9.93. The molecule has 1 heteroatoms. The second-order valence-corrected chi connectivity index (χ2v) is 3.45. The van der Waals surface area contributed by atoms with Crippen LogP contribution in [-0.4, -0.2) is 10.7 Å². The van der Waals surface area contributed by atoms with Crippen molar-refractivity contribution in [2.45, 2.75) is 26.4 Å². The number of aliphatic hydroxyl groups is 1. The van der Waals surface area contributed by atoms with Crippen LogP contribution in [0.15, 0.2) is 37.0 Å². The number of hydrogen-bond donors (Lipinski definition) is 1. The highest BCUT2D eigenvalue weighted by molar-refractivity contribution is 5.10. The monoisotopic (exact) mass is 166 g/mol. The molecule has 0 aliphatic carbocycles. The molecule has 12 heavy (non-hydrogen) atoms. The maximum Gasteiger partial charge on any atom is 0.0651 e. The van der Waals surface area contributed by atoms with Gasteiger partial charge in [-0.15, -0.1) is 0 Å². The maximum atomic E-state index is 9.55. The Morgan fingerprint density at radius 1 is 1.25 bits per heavy atom. The van der Waals surface area contributed by atoms with Crippen molar-refractivity contribution in [1.29, 1.82) is 0 Å². The van der Waals surface area contributed by atoms with Gasteiger partial charge in [0, 0.05) is 5.92 Å². The van der Waals surface area contributed by atoms with Gasteiger partial charge >= 0.3 is 0 Å². The molecule has 1 unspecified atom stereocenters. The van der Waals surface area contributed by atoms with Crippen LogP contribution in [0.2, 0.25) is 0 Å². The summed E-state index contributed by atoms with van der Waals surface area (Å²) in [5.41, 5.74) is -0.640. The van der Waals surface area contributed by atoms with Crippen LogP contribution in [0.1, 0.15) is 20.8 Å². The van der Waals surface area contributed by atoms with Gasteiger partial charge in [0.15, 0.2) is 0 Å². The highest BCUT2D eigenvalue weighted by Crippen LogP contribution is 2.16. The van der Waals surface area contributed by atoms with Crippen molar-refractivity contribution < 1.29 is 5.11 Å². The Bertz CT molecular complexity index is 182. The van der Waals surface area contributed by atoms with Gasteiger partial charge < -0.3 is 5.11 Å². The zero-order valence-corrected chi connectivity index (χ0v) is 8.12. The zero-order chi connectivity index (χ0) is 9.61. The summed E-state index contributed by atoms with van der Waals surface area (Å²) < 4.78 is 0. The molecule has 0 bridgehead atoms. The van der Waals surface area contributed by atoms with E-state index in [1.54, 1.807) is 19.9 Å². The van der Waals surface area contributed by atoms with E-state index in [1.807, 2.05) is 31.2 Å². The van der Waals surface area contributed by atoms with Gasteiger partial charge in [0.2, 0.25) is 0 Å². The molecule has 0 spiro atoms. The molecule has 1 atom stereocenters. The minimum atomic E-state index is -0.640. The van der Waals surface area contributed by atoms with E-state index in [2.05, 4.69) is 6.58 Å². The van der Waals surface area contributed by atoms with E-state index >= 15 is 0 Å². The molecule has 0 aliphatic rings. The third-order valence-electron chi connectivity index (χ3n) is 1.87. The molecule has 1 N–H and O–H groups in total. The molecule has 0 saturated carbocycles. The quantitative estimate of drug-likeness (QED) is 0.637. The van der Waals surface area contributed by atoms with E-state index in [0.29, 0.717) is 0 Å². The predicted octanol–water partition coefficient (Wildman–Crippen LogP) is 2.69. The lowest BCUT2D eigenvalue weighted by Crippen LogP contribution is -2.26. The van der Waals surface area contributed by atoms with Gasteiger partial charge in [-0.05, 0) is 13.8 Å². The molecule has 0 heterocycles. The minimum Gasteiger partial charge on any atom is -0.390 e. The summed E-state index contributed by atoms with van der Waals surface area (Å²) in [7, 11) is 0. The van der Waals surface area contributed by atoms with Crippen molar-refractivity contribution >= 4 is 0 Å². The van der Waals surface area contributed by atoms with Gasteiger partial charge in [-0.25, -0.2) is 0 Å². The molecule has 0 saturated heterocycles. The Morgan fingerprint density at radius 2 is 1.83 bits per heavy atom. The first-order valence-electron chi connectivity index (χ1n) is 4.16. The molecule has 1 nitrogen and oxygen atoms in total. The lowest BCUT2D eigenvalue weighted by Gasteiger charge is -2.22. The van der Waals surface area contributed by atoms with E-state index in [-0.39, 0.29) is 5.92 Å². The lowest BCUT2D eigenvalue weighted by molar-refractivity contribution is 0.0441. The fraction of sp³-hybridized carbons (Fsp3) is 0.455. The Kier molecular flexibility index (Phi) is 4.60. The highest BCUT2D eigenvalue weighted by Gasteiger charge is 2.18. The van der Waals surface area contributed by atoms with E-state index in [0.717, 1.165) is 0 Å². The molecule has 0 radical (unpaired) electrons. The summed E-state index contributed by atoms with van der Waals surface area (Å²) in [4.78, 5) is 0. The highest BCUT2D eigenvalue weighted by atomic mass is 16.3. The van der Waals surface area contributed by atoms with E-state index in [9.17, 15) is 5.11 Å². The minimum absolute atomic E-state index is 0.159. The summed E-state index contributed by atoms with van der Waals surface area (Å²) >= 11 is 0. The third kappa shape index (κ3) is 4.91. The molecule has 0 amide bonds. The second-order valence-electron chi connectivity index (χ2n) is 3.45. The first-order valence-corrected chi connectivity index (χ1v) is 4.16. The summed E-state index contributed by atoms with van der Waals surface area (Å²) in [6.07, 6.45) is 9.37. The summed E-state index contributed by atoms with van der Waals surface area (Å²) in [5, 5.41) is 9.55. The first-order chi connectivity index (χ1) is 5.48. The second kappa shape index (κ2) is 4.94. The Hall–Kier alpha value is -0.820. The van der Waals surface area contributed by atoms with Crippen molar-refractivity contribution in [3.8, 4) is 0 Å². The molecule has 0 fully saturated rings. The van der Waals surface area contributed by atoms with E-state index in [4.69, 9.17) is 0 Å². The van der Waals surface area contributed by atoms with Gasteiger partial charge in [-0.1, -0.05) is 43.9 Å². The van der Waals surface area contributed by atoms with Gasteiger partial charge in [0.05, 0.1) is 5.60 Å². The van der Waals surface area contributed by atoms with Gasteiger partial charge in [0.25, 0.3) is 0 Å². The van der Waals surface area contributed by atoms with Crippen LogP contribution in [-0.2, 0) is 0 Å². The molecular formula is C11H18O. The molecule has 0 aromatic heterocycles. The van der Waals surface area contributed by atoms with E-state index < -0.39 is 5.60 Å². The van der Waals surface area contributed by atoms with Crippen molar-refractivity contribution in [2.75, 3.05) is 0 Å². The van der Waals surface area contributed by atoms with Crippen LogP contribution in [0, 0.1) is 5.92 Å². The molecule has 68 valence electrons. The topological polar surface area (TPSA) is 20.2 Å². The smallest absolute Gasteiger partial charge is 0.0651 e. The Morgan fingerprint density at radius 3 is 2.25 bits per heavy atom. The summed E-state index contributed by atoms with van der Waals surface area (Å²) in [5.74, 6) is 0.159. The summed E-state index contributed by atoms with van der Waals surface area (Å²) in [6.45, 7) is 9.15. The Balaban J connectivity index is 4.00. The first kappa shape index (κ1) is 11.2. The summed E-state index contributed by atoms with van der Waals surface area (Å²) in [6, 6.07) is 0. The predicted molar refractivity (Wildman–Crippen MR) is 53.9 cm³/mol. The number of allylic oxidation sites excluding steroid dienone is 4. The third-order valence-corrected chi connectivity index (χ3v) is 1.87. The maximum absolute atomic E-state index is 9.55. The standard InChI is InChI=1S/C11H18O/c1-5-6-7-8-9-10(2)11(3,4)12/h5-10,12H,1H2,2-4H3/b7-6+,9-8-. The van der Waals surface area contributed by atoms with E-state index in [1.165, 1.54) is 0 Å². The van der Waals surface area contributed by atoms with Gasteiger partial charge in [-0.3, -0.25) is 0 Å². The zero-order valence-electron chi connectivity index (χ0n) is 8.12. The normalized spacial score (nSPS) is 15.7. The number of hydrogen-bond acceptors (Lipinski definition) is 1. The SMILES string of the molecule is C=C/C=C/C=C\C(C)C(C)(C)O. The number of rotatable bonds is 4. The fourth-order valence-corrected chi connectivity index (χ4v) is 0.609. The van der Waals surface area contributed by atoms with Gasteiger partial charge in [-0.2, -0.15) is 0 Å². The average molecular weight is 166 g/mol. The molecular weight excluding hydrogens is 148 g/mol. The molecule has 0 rings (SSSR count). The van der Waals surface area contributed by atoms with Crippen LogP contribution >= 0.6 is 0 Å². The van der Waals surface area contributed by atoms with Crippen molar-refractivity contribution in [3.05, 3.63) is 37.0 Å². The molecule has 0 aromatic rings. The molecule has 0 aromatic carbocycles. The van der Waals surface area contributed by atoms with Crippen LogP contribution < -0.4 is 0 Å². The average Bonchev–Trinajstić information content (AvgIpc) is 1.96. The Labute approximate surface area is 75.1 Å². The van der Waals surface area contributed by atoms with Crippen molar-refractivity contribution in [2.24, 2.45) is 5.92 Å². The van der Waals surface area contributed by atoms with Crippen LogP contribution in [0.25, 0.3) is 0 Å². The van der Waals surface area contributed by atoms with Crippen molar-refractivity contribution in [1.82, 2.24) is 0 Å². The van der Waals surface area contributed by atoms with Crippen molar-refractivity contribution in [3.63, 3.8) is 0 Å². The largest absolute Gasteiger partial charge is 0.390 e.